The Morgan fingerprint density at radius 1 is 1.60 bits per heavy atom. The quantitative estimate of drug-likeness (QED) is 0.693. The van der Waals surface area contributed by atoms with Crippen LogP contribution in [0.3, 0.4) is 0 Å². The second-order valence-corrected chi connectivity index (χ2v) is 3.58. The van der Waals surface area contributed by atoms with E-state index in [1.54, 1.807) is 0 Å². The van der Waals surface area contributed by atoms with Gasteiger partial charge < -0.3 is 9.47 Å². The van der Waals surface area contributed by atoms with Crippen LogP contribution in [0.5, 0.6) is 5.75 Å². The van der Waals surface area contributed by atoms with Crippen LogP contribution in [0.1, 0.15) is 24.0 Å². The van der Waals surface area contributed by atoms with Crippen molar-refractivity contribution in [3.63, 3.8) is 0 Å². The molecule has 1 unspecified atom stereocenters. The predicted molar refractivity (Wildman–Crippen MR) is 56.1 cm³/mol. The summed E-state index contributed by atoms with van der Waals surface area (Å²) in [5, 5.41) is 0. The molecule has 0 saturated heterocycles. The predicted octanol–water partition coefficient (Wildman–Crippen LogP) is 1.90. The zero-order valence-corrected chi connectivity index (χ0v) is 8.95. The van der Waals surface area contributed by atoms with Crippen LogP contribution in [-0.4, -0.2) is 19.7 Å². The molecule has 1 aromatic rings. The minimum Gasteiger partial charge on any atom is -0.492 e. The Labute approximate surface area is 89.0 Å². The summed E-state index contributed by atoms with van der Waals surface area (Å²) >= 11 is 0. The number of rotatable bonds is 2. The standard InChI is InChI=1S/C12H14O3/c1-3-8-5-4-6-9-10(12(13)14-2)7-15-11(8)9/h4-6,10H,3,7H2,1-2H3. The van der Waals surface area contributed by atoms with Crippen LogP contribution in [0.4, 0.5) is 0 Å². The highest BCUT2D eigenvalue weighted by Gasteiger charge is 2.32. The molecule has 15 heavy (non-hydrogen) atoms. The first kappa shape index (κ1) is 10.0. The van der Waals surface area contributed by atoms with Crippen molar-refractivity contribution in [2.24, 2.45) is 0 Å². The molecule has 0 fully saturated rings. The van der Waals surface area contributed by atoms with Crippen LogP contribution < -0.4 is 4.74 Å². The minimum atomic E-state index is -0.253. The summed E-state index contributed by atoms with van der Waals surface area (Å²) < 4.78 is 10.3. The smallest absolute Gasteiger partial charge is 0.316 e. The fourth-order valence-corrected chi connectivity index (χ4v) is 1.93. The Bertz CT molecular complexity index is 384. The molecule has 2 rings (SSSR count). The molecule has 3 heteroatoms. The van der Waals surface area contributed by atoms with E-state index in [9.17, 15) is 4.79 Å². The Kier molecular flexibility index (Phi) is 2.62. The van der Waals surface area contributed by atoms with Gasteiger partial charge >= 0.3 is 5.97 Å². The maximum Gasteiger partial charge on any atom is 0.316 e. The molecule has 0 bridgehead atoms. The van der Waals surface area contributed by atoms with Crippen molar-refractivity contribution in [3.8, 4) is 5.75 Å². The van der Waals surface area contributed by atoms with Gasteiger partial charge in [-0.1, -0.05) is 25.1 Å². The average Bonchev–Trinajstić information content (AvgIpc) is 2.71. The molecule has 1 atom stereocenters. The molecule has 3 nitrogen and oxygen atoms in total. The number of benzene rings is 1. The van der Waals surface area contributed by atoms with Gasteiger partial charge in [0.15, 0.2) is 0 Å². The van der Waals surface area contributed by atoms with Gasteiger partial charge in [0, 0.05) is 5.56 Å². The third-order valence-corrected chi connectivity index (χ3v) is 2.76. The molecule has 1 aliphatic rings. The highest BCUT2D eigenvalue weighted by Crippen LogP contribution is 2.37. The molecular formula is C12H14O3. The number of fused-ring (bicyclic) bond motifs is 1. The molecule has 1 aliphatic heterocycles. The number of para-hydroxylation sites is 1. The van der Waals surface area contributed by atoms with Crippen molar-refractivity contribution in [1.29, 1.82) is 0 Å². The van der Waals surface area contributed by atoms with E-state index in [0.29, 0.717) is 6.61 Å². The first-order valence-corrected chi connectivity index (χ1v) is 5.10. The molecule has 80 valence electrons. The number of hydrogen-bond donors (Lipinski definition) is 0. The molecular weight excluding hydrogens is 192 g/mol. The van der Waals surface area contributed by atoms with E-state index in [2.05, 4.69) is 6.92 Å². The highest BCUT2D eigenvalue weighted by molar-refractivity contribution is 5.80. The van der Waals surface area contributed by atoms with Crippen LogP contribution in [0.15, 0.2) is 18.2 Å². The largest absolute Gasteiger partial charge is 0.492 e. The number of hydrogen-bond acceptors (Lipinski definition) is 3. The normalized spacial score (nSPS) is 18.1. The van der Waals surface area contributed by atoms with Crippen molar-refractivity contribution in [2.45, 2.75) is 19.3 Å². The van der Waals surface area contributed by atoms with Crippen LogP contribution >= 0.6 is 0 Å². The second kappa shape index (κ2) is 3.93. The van der Waals surface area contributed by atoms with Gasteiger partial charge in [-0.3, -0.25) is 4.79 Å². The van der Waals surface area contributed by atoms with Gasteiger partial charge in [-0.2, -0.15) is 0 Å². The Morgan fingerprint density at radius 2 is 2.40 bits per heavy atom. The second-order valence-electron chi connectivity index (χ2n) is 3.58. The van der Waals surface area contributed by atoms with Gasteiger partial charge in [0.2, 0.25) is 0 Å². The number of esters is 1. The summed E-state index contributed by atoms with van der Waals surface area (Å²) in [6, 6.07) is 5.92. The van der Waals surface area contributed by atoms with Crippen LogP contribution in [0.2, 0.25) is 0 Å². The molecule has 0 spiro atoms. The number of ether oxygens (including phenoxy) is 2. The molecule has 1 aromatic carbocycles. The van der Waals surface area contributed by atoms with Gasteiger partial charge in [0.1, 0.15) is 18.3 Å². The lowest BCUT2D eigenvalue weighted by atomic mass is 9.98. The number of aryl methyl sites for hydroxylation is 1. The maximum atomic E-state index is 11.5. The van der Waals surface area contributed by atoms with E-state index in [1.165, 1.54) is 7.11 Å². The van der Waals surface area contributed by atoms with Crippen LogP contribution in [0, 0.1) is 0 Å². The molecule has 0 saturated carbocycles. The molecule has 0 amide bonds. The van der Waals surface area contributed by atoms with E-state index in [4.69, 9.17) is 9.47 Å². The van der Waals surface area contributed by atoms with E-state index < -0.39 is 0 Å². The van der Waals surface area contributed by atoms with Gasteiger partial charge in [0.05, 0.1) is 7.11 Å². The first-order chi connectivity index (χ1) is 7.27. The van der Waals surface area contributed by atoms with Crippen molar-refractivity contribution >= 4 is 5.97 Å². The zero-order chi connectivity index (χ0) is 10.8. The average molecular weight is 206 g/mol. The molecule has 0 N–H and O–H groups in total. The Morgan fingerprint density at radius 3 is 3.07 bits per heavy atom. The summed E-state index contributed by atoms with van der Waals surface area (Å²) in [5.41, 5.74) is 2.11. The van der Waals surface area contributed by atoms with E-state index in [-0.39, 0.29) is 11.9 Å². The number of methoxy groups -OCH3 is 1. The minimum absolute atomic E-state index is 0.220. The third-order valence-electron chi connectivity index (χ3n) is 2.76. The van der Waals surface area contributed by atoms with E-state index in [0.717, 1.165) is 23.3 Å². The monoisotopic (exact) mass is 206 g/mol. The highest BCUT2D eigenvalue weighted by atomic mass is 16.5. The summed E-state index contributed by atoms with van der Waals surface area (Å²) in [7, 11) is 1.41. The summed E-state index contributed by atoms with van der Waals surface area (Å²) in [4.78, 5) is 11.5. The van der Waals surface area contributed by atoms with Gasteiger partial charge in [0.25, 0.3) is 0 Å². The third kappa shape index (κ3) is 1.58. The fourth-order valence-electron chi connectivity index (χ4n) is 1.93. The van der Waals surface area contributed by atoms with E-state index in [1.807, 2.05) is 18.2 Å². The van der Waals surface area contributed by atoms with Crippen molar-refractivity contribution < 1.29 is 14.3 Å². The lowest BCUT2D eigenvalue weighted by Crippen LogP contribution is -2.15. The van der Waals surface area contributed by atoms with Crippen molar-refractivity contribution in [2.75, 3.05) is 13.7 Å². The SMILES string of the molecule is CCc1cccc2c1OCC2C(=O)OC. The molecule has 0 radical (unpaired) electrons. The van der Waals surface area contributed by atoms with Crippen molar-refractivity contribution in [3.05, 3.63) is 29.3 Å². The number of carbonyl (C=O) groups is 1. The lowest BCUT2D eigenvalue weighted by Gasteiger charge is -2.06. The van der Waals surface area contributed by atoms with Gasteiger partial charge in [-0.05, 0) is 12.0 Å². The van der Waals surface area contributed by atoms with Gasteiger partial charge in [-0.15, -0.1) is 0 Å². The van der Waals surface area contributed by atoms with Gasteiger partial charge in [-0.25, -0.2) is 0 Å². The van der Waals surface area contributed by atoms with Crippen molar-refractivity contribution in [1.82, 2.24) is 0 Å². The Balaban J connectivity index is 2.39. The first-order valence-electron chi connectivity index (χ1n) is 5.10. The molecule has 1 heterocycles. The number of carbonyl (C=O) groups excluding carboxylic acids is 1. The molecule has 0 aliphatic carbocycles. The summed E-state index contributed by atoms with van der Waals surface area (Å²) in [5.74, 6) is 0.397. The summed E-state index contributed by atoms with van der Waals surface area (Å²) in [6.07, 6.45) is 0.914. The lowest BCUT2D eigenvalue weighted by molar-refractivity contribution is -0.142. The zero-order valence-electron chi connectivity index (χ0n) is 8.95. The molecule has 0 aromatic heterocycles. The summed E-state index contributed by atoms with van der Waals surface area (Å²) in [6.45, 7) is 2.48. The van der Waals surface area contributed by atoms with Crippen LogP contribution in [-0.2, 0) is 16.0 Å². The topological polar surface area (TPSA) is 35.5 Å². The Hall–Kier alpha value is -1.51. The van der Waals surface area contributed by atoms with Crippen LogP contribution in [0.25, 0.3) is 0 Å². The fraction of sp³-hybridized carbons (Fsp3) is 0.417. The maximum absolute atomic E-state index is 11.5. The van der Waals surface area contributed by atoms with E-state index >= 15 is 0 Å².